The van der Waals surface area contributed by atoms with Gasteiger partial charge in [0.2, 0.25) is 5.95 Å². The predicted octanol–water partition coefficient (Wildman–Crippen LogP) is 0.773. The third-order valence-electron chi connectivity index (χ3n) is 3.17. The second-order valence-electron chi connectivity index (χ2n) is 4.75. The third kappa shape index (κ3) is 4.07. The van der Waals surface area contributed by atoms with Crippen LogP contribution in [-0.2, 0) is 6.42 Å². The summed E-state index contributed by atoms with van der Waals surface area (Å²) in [5.74, 6) is 0.576. The van der Waals surface area contributed by atoms with Crippen molar-refractivity contribution in [2.45, 2.75) is 13.3 Å². The van der Waals surface area contributed by atoms with Gasteiger partial charge in [-0.25, -0.2) is 10.4 Å². The number of hydrogen-bond acceptors (Lipinski definition) is 7. The first kappa shape index (κ1) is 16.5. The van der Waals surface area contributed by atoms with Gasteiger partial charge in [-0.05, 0) is 30.7 Å². The standard InChI is InChI=1S/C15H18N4O4/c1-9-11(5-6-20)14(22)18-15(17-9)19-16-8-10-3-4-13(23-2)12(21)7-10/h3-4,7-8,20-21H,5-6H2,1-2H3,(H2,17,18,19,22)/b16-8-. The fourth-order valence-corrected chi connectivity index (χ4v) is 2.02. The number of phenols is 1. The molecule has 4 N–H and O–H groups in total. The van der Waals surface area contributed by atoms with E-state index in [9.17, 15) is 9.90 Å². The van der Waals surface area contributed by atoms with E-state index < -0.39 is 0 Å². The lowest BCUT2D eigenvalue weighted by atomic mass is 10.2. The summed E-state index contributed by atoms with van der Waals surface area (Å²) in [6.07, 6.45) is 1.72. The van der Waals surface area contributed by atoms with Crippen molar-refractivity contribution in [2.75, 3.05) is 19.1 Å². The highest BCUT2D eigenvalue weighted by molar-refractivity contribution is 5.81. The largest absolute Gasteiger partial charge is 0.504 e. The Morgan fingerprint density at radius 3 is 2.87 bits per heavy atom. The Morgan fingerprint density at radius 1 is 1.48 bits per heavy atom. The van der Waals surface area contributed by atoms with Crippen molar-refractivity contribution in [3.63, 3.8) is 0 Å². The van der Waals surface area contributed by atoms with E-state index in [1.165, 1.54) is 19.4 Å². The highest BCUT2D eigenvalue weighted by atomic mass is 16.5. The number of nitrogens with one attached hydrogen (secondary N) is 2. The number of aromatic hydroxyl groups is 1. The van der Waals surface area contributed by atoms with Gasteiger partial charge in [0.15, 0.2) is 11.5 Å². The van der Waals surface area contributed by atoms with E-state index in [0.29, 0.717) is 22.6 Å². The van der Waals surface area contributed by atoms with Crippen molar-refractivity contribution in [1.82, 2.24) is 9.97 Å². The number of phenolic OH excluding ortho intramolecular Hbond substituents is 1. The molecular formula is C15H18N4O4. The van der Waals surface area contributed by atoms with Crippen LogP contribution in [0, 0.1) is 6.92 Å². The molecule has 0 aliphatic rings. The van der Waals surface area contributed by atoms with Gasteiger partial charge in [0, 0.05) is 18.6 Å². The maximum atomic E-state index is 11.9. The molecular weight excluding hydrogens is 300 g/mol. The van der Waals surface area contributed by atoms with Crippen LogP contribution in [0.3, 0.4) is 0 Å². The summed E-state index contributed by atoms with van der Waals surface area (Å²) in [6.45, 7) is 1.58. The van der Waals surface area contributed by atoms with Crippen LogP contribution < -0.4 is 15.7 Å². The average Bonchev–Trinajstić information content (AvgIpc) is 2.51. The number of anilines is 1. The summed E-state index contributed by atoms with van der Waals surface area (Å²) in [5, 5.41) is 22.5. The maximum absolute atomic E-state index is 11.9. The van der Waals surface area contributed by atoms with Crippen LogP contribution in [0.1, 0.15) is 16.8 Å². The second-order valence-corrected chi connectivity index (χ2v) is 4.75. The monoisotopic (exact) mass is 318 g/mol. The van der Waals surface area contributed by atoms with Gasteiger partial charge in [0.1, 0.15) is 0 Å². The van der Waals surface area contributed by atoms with Gasteiger partial charge in [0.25, 0.3) is 5.56 Å². The highest BCUT2D eigenvalue weighted by Crippen LogP contribution is 2.25. The van der Waals surface area contributed by atoms with Gasteiger partial charge in [-0.2, -0.15) is 5.10 Å². The summed E-state index contributed by atoms with van der Waals surface area (Å²) < 4.78 is 4.95. The van der Waals surface area contributed by atoms with E-state index in [0.717, 1.165) is 0 Å². The summed E-state index contributed by atoms with van der Waals surface area (Å²) in [6, 6.07) is 4.83. The zero-order chi connectivity index (χ0) is 16.8. The van der Waals surface area contributed by atoms with E-state index in [1.54, 1.807) is 19.1 Å². The van der Waals surface area contributed by atoms with Crippen LogP contribution in [-0.4, -0.2) is 40.1 Å². The third-order valence-corrected chi connectivity index (χ3v) is 3.17. The first-order chi connectivity index (χ1) is 11.0. The number of aryl methyl sites for hydroxylation is 1. The lowest BCUT2D eigenvalue weighted by Crippen LogP contribution is -2.19. The molecule has 0 saturated carbocycles. The quantitative estimate of drug-likeness (QED) is 0.461. The smallest absolute Gasteiger partial charge is 0.255 e. The van der Waals surface area contributed by atoms with Crippen LogP contribution in [0.2, 0.25) is 0 Å². The molecule has 1 heterocycles. The van der Waals surface area contributed by atoms with Gasteiger partial charge in [0.05, 0.1) is 19.0 Å². The van der Waals surface area contributed by atoms with E-state index in [1.807, 2.05) is 0 Å². The Balaban J connectivity index is 2.11. The number of aliphatic hydroxyl groups is 1. The number of benzene rings is 1. The molecule has 1 aromatic carbocycles. The van der Waals surface area contributed by atoms with Crippen molar-refractivity contribution >= 4 is 12.2 Å². The lowest BCUT2D eigenvalue weighted by Gasteiger charge is -2.05. The first-order valence-electron chi connectivity index (χ1n) is 6.92. The molecule has 0 fully saturated rings. The number of aromatic nitrogens is 2. The van der Waals surface area contributed by atoms with Gasteiger partial charge in [-0.15, -0.1) is 0 Å². The first-order valence-corrected chi connectivity index (χ1v) is 6.92. The number of aliphatic hydroxyl groups excluding tert-OH is 1. The SMILES string of the molecule is COc1ccc(/C=N\Nc2nc(C)c(CCO)c(=O)[nH]2)cc1O. The van der Waals surface area contributed by atoms with Crippen molar-refractivity contribution in [3.05, 3.63) is 45.4 Å². The zero-order valence-electron chi connectivity index (χ0n) is 12.8. The molecule has 122 valence electrons. The fraction of sp³-hybridized carbons (Fsp3) is 0.267. The number of aromatic amines is 1. The van der Waals surface area contributed by atoms with E-state index in [-0.39, 0.29) is 30.3 Å². The van der Waals surface area contributed by atoms with Crippen LogP contribution in [0.25, 0.3) is 0 Å². The van der Waals surface area contributed by atoms with Crippen LogP contribution in [0.15, 0.2) is 28.1 Å². The van der Waals surface area contributed by atoms with E-state index >= 15 is 0 Å². The van der Waals surface area contributed by atoms with Gasteiger partial charge >= 0.3 is 0 Å². The van der Waals surface area contributed by atoms with Crippen molar-refractivity contribution < 1.29 is 14.9 Å². The Hall–Kier alpha value is -2.87. The molecule has 0 atom stereocenters. The minimum absolute atomic E-state index is 0.00665. The lowest BCUT2D eigenvalue weighted by molar-refractivity contribution is 0.298. The van der Waals surface area contributed by atoms with Crippen molar-refractivity contribution in [3.8, 4) is 11.5 Å². The Kier molecular flexibility index (Phi) is 5.32. The molecule has 0 aliphatic carbocycles. The predicted molar refractivity (Wildman–Crippen MR) is 86.3 cm³/mol. The molecule has 23 heavy (non-hydrogen) atoms. The Morgan fingerprint density at radius 2 is 2.26 bits per heavy atom. The Bertz CT molecular complexity index is 771. The van der Waals surface area contributed by atoms with Gasteiger partial charge in [-0.1, -0.05) is 0 Å². The number of hydrogen-bond donors (Lipinski definition) is 4. The maximum Gasteiger partial charge on any atom is 0.255 e. The topological polar surface area (TPSA) is 120 Å². The molecule has 0 spiro atoms. The minimum atomic E-state index is -0.314. The summed E-state index contributed by atoms with van der Waals surface area (Å²) in [7, 11) is 1.47. The molecule has 8 heteroatoms. The molecule has 0 saturated heterocycles. The average molecular weight is 318 g/mol. The van der Waals surface area contributed by atoms with Crippen LogP contribution >= 0.6 is 0 Å². The van der Waals surface area contributed by atoms with Gasteiger partial charge < -0.3 is 14.9 Å². The summed E-state index contributed by atoms with van der Waals surface area (Å²) >= 11 is 0. The molecule has 1 aromatic heterocycles. The van der Waals surface area contributed by atoms with Crippen molar-refractivity contribution in [2.24, 2.45) is 5.10 Å². The number of rotatable bonds is 6. The highest BCUT2D eigenvalue weighted by Gasteiger charge is 2.07. The Labute approximate surface area is 132 Å². The van der Waals surface area contributed by atoms with Crippen LogP contribution in [0.4, 0.5) is 5.95 Å². The summed E-state index contributed by atoms with van der Waals surface area (Å²) in [5.41, 5.74) is 3.93. The van der Waals surface area contributed by atoms with E-state index in [2.05, 4.69) is 20.5 Å². The normalized spacial score (nSPS) is 10.9. The molecule has 8 nitrogen and oxygen atoms in total. The van der Waals surface area contributed by atoms with Crippen LogP contribution in [0.5, 0.6) is 11.5 Å². The molecule has 0 unspecified atom stereocenters. The van der Waals surface area contributed by atoms with Gasteiger partial charge in [-0.3, -0.25) is 9.78 Å². The molecule has 0 bridgehead atoms. The number of H-pyrrole nitrogens is 1. The number of nitrogens with zero attached hydrogens (tertiary/aromatic N) is 2. The number of methoxy groups -OCH3 is 1. The zero-order valence-corrected chi connectivity index (χ0v) is 12.8. The molecule has 2 aromatic rings. The molecule has 0 amide bonds. The molecule has 2 rings (SSSR count). The fourth-order valence-electron chi connectivity index (χ4n) is 2.02. The molecule has 0 aliphatic heterocycles. The number of ether oxygens (including phenoxy) is 1. The minimum Gasteiger partial charge on any atom is -0.504 e. The van der Waals surface area contributed by atoms with E-state index in [4.69, 9.17) is 9.84 Å². The van der Waals surface area contributed by atoms with Crippen molar-refractivity contribution in [1.29, 1.82) is 0 Å². The number of hydrazone groups is 1. The molecule has 0 radical (unpaired) electrons. The second kappa shape index (κ2) is 7.41. The summed E-state index contributed by atoms with van der Waals surface area (Å²) in [4.78, 5) is 18.6.